The Balaban J connectivity index is 1.31. The third kappa shape index (κ3) is 10.0. The average Bonchev–Trinajstić information content (AvgIpc) is 3.91. The van der Waals surface area contributed by atoms with Crippen molar-refractivity contribution >= 4 is 74.4 Å². The standard InChI is InChI=1S/C38H42ClN9O7S/c1-5-18(2)31(40)37(55)45-29(16-30(49)50)36(54)44-28(14-22-17-41-25-9-7-6-8-24(22)25)35(53)42-19(3)32(51)26-15-27(48-47-26)33-20(4)43-38(56-33)46-34(52)21-10-12-23(39)13-11-21/h6-13,15,17-19,28-29,31,41H,5,14,16,40H2,1-4H3,(H,42,53)(H,44,54)(H,45,55)(H,47,48)(H,49,50)(H,43,46,52)/t18-,19-,28-,29+,31-/m0/s1. The predicted octanol–water partition coefficient (Wildman–Crippen LogP) is 3.98. The van der Waals surface area contributed by atoms with E-state index in [1.807, 2.05) is 31.2 Å². The lowest BCUT2D eigenvalue weighted by molar-refractivity contribution is -0.141. The molecule has 0 aliphatic rings. The van der Waals surface area contributed by atoms with Crippen molar-refractivity contribution in [2.24, 2.45) is 11.7 Å². The second-order valence-corrected chi connectivity index (χ2v) is 14.8. The first kappa shape index (κ1) is 41.3. The van der Waals surface area contributed by atoms with Crippen LogP contribution in [-0.4, -0.2) is 84.8 Å². The van der Waals surface area contributed by atoms with Crippen LogP contribution in [0.5, 0.6) is 0 Å². The Kier molecular flexibility index (Phi) is 13.4. The van der Waals surface area contributed by atoms with E-state index in [0.29, 0.717) is 44.0 Å². The van der Waals surface area contributed by atoms with E-state index >= 15 is 0 Å². The van der Waals surface area contributed by atoms with E-state index in [4.69, 9.17) is 17.3 Å². The third-order valence-electron chi connectivity index (χ3n) is 9.25. The van der Waals surface area contributed by atoms with Gasteiger partial charge < -0.3 is 31.8 Å². The molecule has 294 valence electrons. The summed E-state index contributed by atoms with van der Waals surface area (Å²) in [6, 6.07) is 10.3. The van der Waals surface area contributed by atoms with Crippen LogP contribution >= 0.6 is 22.9 Å². The number of rotatable bonds is 17. The monoisotopic (exact) mass is 803 g/mol. The molecule has 0 saturated carbocycles. The maximum absolute atomic E-state index is 13.9. The molecule has 0 spiro atoms. The minimum absolute atomic E-state index is 0.00597. The summed E-state index contributed by atoms with van der Waals surface area (Å²) in [4.78, 5) is 86.6. The average molecular weight is 804 g/mol. The van der Waals surface area contributed by atoms with Crippen LogP contribution in [0.2, 0.25) is 5.02 Å². The normalized spacial score (nSPS) is 13.9. The predicted molar refractivity (Wildman–Crippen MR) is 211 cm³/mol. The Hall–Kier alpha value is -5.91. The first-order valence-corrected chi connectivity index (χ1v) is 18.9. The molecular weight excluding hydrogens is 762 g/mol. The second-order valence-electron chi connectivity index (χ2n) is 13.4. The van der Waals surface area contributed by atoms with Crippen molar-refractivity contribution in [2.45, 2.75) is 71.1 Å². The van der Waals surface area contributed by atoms with Crippen molar-refractivity contribution in [1.29, 1.82) is 0 Å². The van der Waals surface area contributed by atoms with Gasteiger partial charge in [0.25, 0.3) is 5.91 Å². The van der Waals surface area contributed by atoms with Gasteiger partial charge in [0.05, 0.1) is 34.8 Å². The van der Waals surface area contributed by atoms with Crippen LogP contribution in [0.15, 0.2) is 60.8 Å². The molecule has 18 heteroatoms. The lowest BCUT2D eigenvalue weighted by Gasteiger charge is -2.25. The lowest BCUT2D eigenvalue weighted by Crippen LogP contribution is -2.58. The summed E-state index contributed by atoms with van der Waals surface area (Å²) < 4.78 is 0. The fourth-order valence-corrected chi connectivity index (χ4v) is 6.86. The summed E-state index contributed by atoms with van der Waals surface area (Å²) in [6.45, 7) is 6.80. The SMILES string of the molecule is CC[C@H](C)[C@H](N)C(=O)N[C@H](CC(=O)O)C(=O)N[C@@H](Cc1c[nH]c2ccccc12)C(=O)N[C@@H](C)C(=O)c1cc(-c2sc(NC(=O)c3ccc(Cl)cc3)nc2C)[nH]n1. The number of carboxylic acid groups (broad SMARTS) is 1. The number of aromatic amines is 2. The highest BCUT2D eigenvalue weighted by Crippen LogP contribution is 2.32. The Bertz CT molecular complexity index is 2250. The molecule has 0 fully saturated rings. The Morgan fingerprint density at radius 1 is 0.946 bits per heavy atom. The number of ketones is 1. The summed E-state index contributed by atoms with van der Waals surface area (Å²) in [5, 5.41) is 28.6. The first-order chi connectivity index (χ1) is 26.6. The van der Waals surface area contributed by atoms with Gasteiger partial charge in [-0.1, -0.05) is 61.4 Å². The van der Waals surface area contributed by atoms with Crippen LogP contribution in [0, 0.1) is 12.8 Å². The van der Waals surface area contributed by atoms with Gasteiger partial charge in [-0.25, -0.2) is 4.98 Å². The molecule has 0 unspecified atom stereocenters. The molecule has 9 N–H and O–H groups in total. The van der Waals surface area contributed by atoms with Crippen molar-refractivity contribution in [3.8, 4) is 10.6 Å². The van der Waals surface area contributed by atoms with Gasteiger partial charge in [0.2, 0.25) is 23.5 Å². The van der Waals surface area contributed by atoms with E-state index in [2.05, 4.69) is 41.4 Å². The van der Waals surface area contributed by atoms with E-state index in [0.717, 1.165) is 10.9 Å². The fourth-order valence-electron chi connectivity index (χ4n) is 5.80. The fraction of sp³-hybridized carbons (Fsp3) is 0.316. The van der Waals surface area contributed by atoms with E-state index in [1.165, 1.54) is 24.3 Å². The number of H-pyrrole nitrogens is 2. The van der Waals surface area contributed by atoms with Crippen LogP contribution in [0.1, 0.15) is 65.7 Å². The number of thiazole rings is 1. The molecule has 5 aromatic rings. The molecule has 0 aliphatic heterocycles. The number of nitrogens with one attached hydrogen (secondary N) is 6. The Labute approximate surface area is 330 Å². The number of aliphatic carboxylic acids is 1. The molecule has 16 nitrogen and oxygen atoms in total. The van der Waals surface area contributed by atoms with Crippen molar-refractivity contribution in [3.05, 3.63) is 88.3 Å². The number of aromatic nitrogens is 4. The zero-order valence-corrected chi connectivity index (χ0v) is 32.5. The number of halogens is 1. The molecule has 0 bridgehead atoms. The van der Waals surface area contributed by atoms with Crippen LogP contribution in [0.3, 0.4) is 0 Å². The van der Waals surface area contributed by atoms with E-state index in [9.17, 15) is 33.9 Å². The van der Waals surface area contributed by atoms with Crippen molar-refractivity contribution in [2.75, 3.05) is 5.32 Å². The molecule has 2 aromatic carbocycles. The highest BCUT2D eigenvalue weighted by molar-refractivity contribution is 7.19. The Morgan fingerprint density at radius 2 is 1.62 bits per heavy atom. The zero-order valence-electron chi connectivity index (χ0n) is 30.9. The van der Waals surface area contributed by atoms with Gasteiger partial charge in [0.1, 0.15) is 17.8 Å². The topological polar surface area (TPSA) is 254 Å². The number of para-hydroxylation sites is 1. The number of hydrogen-bond donors (Lipinski definition) is 8. The Morgan fingerprint density at radius 3 is 2.32 bits per heavy atom. The number of carboxylic acids is 1. The van der Waals surface area contributed by atoms with E-state index in [-0.39, 0.29) is 23.9 Å². The quantitative estimate of drug-likeness (QED) is 0.0628. The number of carbonyl (C=O) groups excluding carboxylic acids is 5. The number of nitrogens with zero attached hydrogens (tertiary/aromatic N) is 2. The van der Waals surface area contributed by atoms with Gasteiger partial charge in [-0.2, -0.15) is 5.10 Å². The molecule has 56 heavy (non-hydrogen) atoms. The van der Waals surface area contributed by atoms with Gasteiger partial charge >= 0.3 is 5.97 Å². The number of hydrogen-bond acceptors (Lipinski definition) is 10. The van der Waals surface area contributed by atoms with Crippen molar-refractivity contribution < 1.29 is 33.9 Å². The molecule has 0 radical (unpaired) electrons. The first-order valence-electron chi connectivity index (χ1n) is 17.7. The third-order valence-corrected chi connectivity index (χ3v) is 10.6. The molecule has 0 saturated heterocycles. The second kappa shape index (κ2) is 18.1. The number of Topliss-reactive ketones (excluding diaryl/α,β-unsaturated/α-hetero) is 1. The van der Waals surface area contributed by atoms with Crippen molar-refractivity contribution in [3.63, 3.8) is 0 Å². The van der Waals surface area contributed by atoms with Gasteiger partial charge in [-0.3, -0.25) is 39.2 Å². The van der Waals surface area contributed by atoms with Gasteiger partial charge in [0.15, 0.2) is 5.13 Å². The van der Waals surface area contributed by atoms with Gasteiger partial charge in [-0.15, -0.1) is 0 Å². The largest absolute Gasteiger partial charge is 0.481 e. The highest BCUT2D eigenvalue weighted by atomic mass is 35.5. The van der Waals surface area contributed by atoms with Crippen molar-refractivity contribution in [1.82, 2.24) is 36.1 Å². The number of nitrogens with two attached hydrogens (primary N) is 1. The van der Waals surface area contributed by atoms with E-state index in [1.54, 1.807) is 44.3 Å². The van der Waals surface area contributed by atoms with Gasteiger partial charge in [-0.05, 0) is 61.7 Å². The molecule has 5 atom stereocenters. The molecule has 5 rings (SSSR count). The number of amides is 4. The molecular formula is C38H42ClN9O7S. The molecule has 4 amide bonds. The number of aryl methyl sites for hydroxylation is 1. The molecule has 3 aromatic heterocycles. The number of benzene rings is 2. The molecule has 0 aliphatic carbocycles. The minimum atomic E-state index is -1.55. The van der Waals surface area contributed by atoms with E-state index < -0.39 is 60.1 Å². The summed E-state index contributed by atoms with van der Waals surface area (Å²) in [7, 11) is 0. The lowest BCUT2D eigenvalue weighted by atomic mass is 9.98. The summed E-state index contributed by atoms with van der Waals surface area (Å²) in [6.07, 6.45) is 1.45. The van der Waals surface area contributed by atoms with Crippen LogP contribution < -0.4 is 27.0 Å². The van der Waals surface area contributed by atoms with Crippen LogP contribution in [0.25, 0.3) is 21.5 Å². The highest BCUT2D eigenvalue weighted by Gasteiger charge is 2.32. The summed E-state index contributed by atoms with van der Waals surface area (Å²) in [5.41, 5.74) is 8.92. The maximum atomic E-state index is 13.9. The molecule has 3 heterocycles. The van der Waals surface area contributed by atoms with Crippen LogP contribution in [0.4, 0.5) is 5.13 Å². The van der Waals surface area contributed by atoms with Gasteiger partial charge in [0, 0.05) is 34.1 Å². The van der Waals surface area contributed by atoms with Crippen LogP contribution in [-0.2, 0) is 25.6 Å². The summed E-state index contributed by atoms with van der Waals surface area (Å²) in [5.74, 6) is -4.89. The minimum Gasteiger partial charge on any atom is -0.481 e. The number of fused-ring (bicyclic) bond motifs is 1. The zero-order chi connectivity index (χ0) is 40.7. The maximum Gasteiger partial charge on any atom is 0.305 e. The number of carbonyl (C=O) groups is 6. The smallest absolute Gasteiger partial charge is 0.305 e. The number of anilines is 1. The summed E-state index contributed by atoms with van der Waals surface area (Å²) >= 11 is 7.10.